The Morgan fingerprint density at radius 2 is 2.12 bits per heavy atom. The van der Waals surface area contributed by atoms with Crippen molar-refractivity contribution in [1.29, 1.82) is 0 Å². The quantitative estimate of drug-likeness (QED) is 0.787. The molecule has 0 saturated heterocycles. The van der Waals surface area contributed by atoms with Gasteiger partial charge < -0.3 is 4.74 Å². The summed E-state index contributed by atoms with van der Waals surface area (Å²) in [5.41, 5.74) is 0.554. The van der Waals surface area contributed by atoms with Crippen LogP contribution >= 0.6 is 10.7 Å². The molecule has 0 fully saturated rings. The summed E-state index contributed by atoms with van der Waals surface area (Å²) in [5.74, 6) is -0.0807. The van der Waals surface area contributed by atoms with Crippen LogP contribution in [0.4, 0.5) is 4.39 Å². The first kappa shape index (κ1) is 13.3. The number of rotatable bonds is 4. The van der Waals surface area contributed by atoms with Gasteiger partial charge in [-0.3, -0.25) is 0 Å². The Kier molecular flexibility index (Phi) is 4.15. The van der Waals surface area contributed by atoms with E-state index >= 15 is 0 Å². The SMILES string of the molecule is COc1cccc(CS(=O)(=O)Cl)c1C(C)F. The summed E-state index contributed by atoms with van der Waals surface area (Å²) in [6, 6.07) is 4.70. The number of halogens is 2. The highest BCUT2D eigenvalue weighted by molar-refractivity contribution is 8.13. The Bertz CT molecular complexity index is 471. The highest BCUT2D eigenvalue weighted by Gasteiger charge is 2.18. The Morgan fingerprint density at radius 3 is 2.56 bits per heavy atom. The largest absolute Gasteiger partial charge is 0.496 e. The van der Waals surface area contributed by atoms with Gasteiger partial charge in [-0.05, 0) is 18.6 Å². The molecule has 3 nitrogen and oxygen atoms in total. The third-order valence-electron chi connectivity index (χ3n) is 2.10. The predicted octanol–water partition coefficient (Wildman–Crippen LogP) is 2.79. The average Bonchev–Trinajstić information content (AvgIpc) is 2.14. The first-order valence-electron chi connectivity index (χ1n) is 4.57. The van der Waals surface area contributed by atoms with Gasteiger partial charge in [0.25, 0.3) is 0 Å². The molecule has 1 atom stereocenters. The molecule has 0 aliphatic heterocycles. The van der Waals surface area contributed by atoms with Crippen molar-refractivity contribution in [3.05, 3.63) is 29.3 Å². The molecule has 0 bridgehead atoms. The van der Waals surface area contributed by atoms with E-state index in [4.69, 9.17) is 15.4 Å². The van der Waals surface area contributed by atoms with Gasteiger partial charge in [0.15, 0.2) is 0 Å². The van der Waals surface area contributed by atoms with Gasteiger partial charge in [0.05, 0.1) is 12.9 Å². The van der Waals surface area contributed by atoms with Crippen LogP contribution in [0.15, 0.2) is 18.2 Å². The van der Waals surface area contributed by atoms with Gasteiger partial charge in [-0.25, -0.2) is 12.8 Å². The van der Waals surface area contributed by atoms with E-state index in [1.807, 2.05) is 0 Å². The summed E-state index contributed by atoms with van der Waals surface area (Å²) in [7, 11) is 2.84. The maximum absolute atomic E-state index is 13.4. The maximum Gasteiger partial charge on any atom is 0.236 e. The maximum atomic E-state index is 13.4. The van der Waals surface area contributed by atoms with Crippen LogP contribution in [0.5, 0.6) is 5.75 Å². The Balaban J connectivity index is 3.28. The summed E-state index contributed by atoms with van der Waals surface area (Å²) in [5, 5.41) is 0. The topological polar surface area (TPSA) is 43.4 Å². The third-order valence-corrected chi connectivity index (χ3v) is 3.09. The van der Waals surface area contributed by atoms with Gasteiger partial charge in [0.1, 0.15) is 11.9 Å². The summed E-state index contributed by atoms with van der Waals surface area (Å²) < 4.78 is 40.3. The number of hydrogen-bond acceptors (Lipinski definition) is 3. The molecule has 1 aromatic rings. The number of benzene rings is 1. The third kappa shape index (κ3) is 3.35. The molecule has 1 rings (SSSR count). The molecule has 0 saturated carbocycles. The summed E-state index contributed by atoms with van der Waals surface area (Å²) in [6.07, 6.45) is -1.32. The summed E-state index contributed by atoms with van der Waals surface area (Å²) in [6.45, 7) is 1.32. The second kappa shape index (κ2) is 5.01. The summed E-state index contributed by atoms with van der Waals surface area (Å²) in [4.78, 5) is 0. The summed E-state index contributed by atoms with van der Waals surface area (Å²) >= 11 is 0. The zero-order valence-electron chi connectivity index (χ0n) is 8.91. The normalized spacial score (nSPS) is 13.5. The van der Waals surface area contributed by atoms with E-state index in [2.05, 4.69) is 0 Å². The van der Waals surface area contributed by atoms with Gasteiger partial charge >= 0.3 is 0 Å². The van der Waals surface area contributed by atoms with E-state index in [9.17, 15) is 12.8 Å². The van der Waals surface area contributed by atoms with Crippen LogP contribution < -0.4 is 4.74 Å². The minimum absolute atomic E-state index is 0.231. The molecule has 16 heavy (non-hydrogen) atoms. The van der Waals surface area contributed by atoms with Gasteiger partial charge in [0, 0.05) is 16.2 Å². The van der Waals surface area contributed by atoms with E-state index in [1.165, 1.54) is 20.1 Å². The van der Waals surface area contributed by atoms with Crippen molar-refractivity contribution >= 4 is 19.7 Å². The van der Waals surface area contributed by atoms with Gasteiger partial charge in [-0.15, -0.1) is 0 Å². The highest BCUT2D eigenvalue weighted by Crippen LogP contribution is 2.32. The molecule has 0 radical (unpaired) electrons. The fourth-order valence-corrected chi connectivity index (χ4v) is 2.51. The molecule has 0 aromatic heterocycles. The standard InChI is InChI=1S/C10H12ClFO3S/c1-7(12)10-8(6-16(11,13)14)4-3-5-9(10)15-2/h3-5,7H,6H2,1-2H3. The monoisotopic (exact) mass is 266 g/mol. The van der Waals surface area contributed by atoms with Gasteiger partial charge in [-0.2, -0.15) is 0 Å². The number of hydrogen-bond donors (Lipinski definition) is 0. The van der Waals surface area contributed by atoms with Crippen LogP contribution in [0.2, 0.25) is 0 Å². The minimum Gasteiger partial charge on any atom is -0.496 e. The number of alkyl halides is 1. The molecule has 1 aromatic carbocycles. The lowest BCUT2D eigenvalue weighted by Crippen LogP contribution is -2.03. The van der Waals surface area contributed by atoms with Crippen molar-refractivity contribution in [3.63, 3.8) is 0 Å². The fourth-order valence-electron chi connectivity index (χ4n) is 1.53. The van der Waals surface area contributed by atoms with Crippen molar-refractivity contribution in [2.75, 3.05) is 7.11 Å². The van der Waals surface area contributed by atoms with Crippen molar-refractivity contribution in [1.82, 2.24) is 0 Å². The second-order valence-electron chi connectivity index (χ2n) is 3.33. The molecule has 0 N–H and O–H groups in total. The number of methoxy groups -OCH3 is 1. The van der Waals surface area contributed by atoms with Gasteiger partial charge in [-0.1, -0.05) is 12.1 Å². The Labute approximate surface area is 98.6 Å². The molecular formula is C10H12ClFO3S. The van der Waals surface area contributed by atoms with Crippen LogP contribution in [0, 0.1) is 0 Å². The molecule has 1 unspecified atom stereocenters. The van der Waals surface area contributed by atoms with Crippen molar-refractivity contribution in [2.45, 2.75) is 18.8 Å². The van der Waals surface area contributed by atoms with E-state index in [0.29, 0.717) is 11.3 Å². The zero-order chi connectivity index (χ0) is 12.3. The molecule has 90 valence electrons. The molecular weight excluding hydrogens is 255 g/mol. The lowest BCUT2D eigenvalue weighted by molar-refractivity contribution is 0.345. The Hall–Kier alpha value is -0.810. The predicted molar refractivity (Wildman–Crippen MR) is 61.0 cm³/mol. The molecule has 6 heteroatoms. The van der Waals surface area contributed by atoms with Gasteiger partial charge in [0.2, 0.25) is 9.05 Å². The van der Waals surface area contributed by atoms with Crippen LogP contribution in [-0.4, -0.2) is 15.5 Å². The minimum atomic E-state index is -3.71. The lowest BCUT2D eigenvalue weighted by Gasteiger charge is -2.13. The van der Waals surface area contributed by atoms with E-state index in [-0.39, 0.29) is 5.56 Å². The first-order valence-corrected chi connectivity index (χ1v) is 7.05. The fraction of sp³-hybridized carbons (Fsp3) is 0.400. The van der Waals surface area contributed by atoms with Crippen molar-refractivity contribution in [2.24, 2.45) is 0 Å². The number of ether oxygens (including phenoxy) is 1. The van der Waals surface area contributed by atoms with Crippen LogP contribution in [0.3, 0.4) is 0 Å². The van der Waals surface area contributed by atoms with E-state index in [1.54, 1.807) is 12.1 Å². The highest BCUT2D eigenvalue weighted by atomic mass is 35.7. The average molecular weight is 267 g/mol. The van der Waals surface area contributed by atoms with Crippen LogP contribution in [-0.2, 0) is 14.8 Å². The molecule has 0 aliphatic carbocycles. The van der Waals surface area contributed by atoms with Crippen LogP contribution in [0.25, 0.3) is 0 Å². The van der Waals surface area contributed by atoms with Crippen LogP contribution in [0.1, 0.15) is 24.2 Å². The smallest absolute Gasteiger partial charge is 0.236 e. The first-order chi connectivity index (χ1) is 7.35. The van der Waals surface area contributed by atoms with E-state index < -0.39 is 21.0 Å². The zero-order valence-corrected chi connectivity index (χ0v) is 10.5. The Morgan fingerprint density at radius 1 is 1.50 bits per heavy atom. The van der Waals surface area contributed by atoms with E-state index in [0.717, 1.165) is 0 Å². The molecule has 0 aliphatic rings. The second-order valence-corrected chi connectivity index (χ2v) is 6.11. The van der Waals surface area contributed by atoms with Crippen molar-refractivity contribution < 1.29 is 17.5 Å². The lowest BCUT2D eigenvalue weighted by atomic mass is 10.0. The molecule has 0 heterocycles. The molecule has 0 spiro atoms. The molecule has 0 amide bonds. The van der Waals surface area contributed by atoms with Crippen molar-refractivity contribution in [3.8, 4) is 5.75 Å².